The molecule has 2 aromatic carbocycles. The van der Waals surface area contributed by atoms with E-state index in [1.165, 1.54) is 0 Å². The van der Waals surface area contributed by atoms with Gasteiger partial charge in [0.05, 0.1) is 34.4 Å². The van der Waals surface area contributed by atoms with E-state index in [2.05, 4.69) is 29.6 Å². The Kier molecular flexibility index (Phi) is 16.9. The van der Waals surface area contributed by atoms with Crippen LogP contribution in [-0.2, 0) is 39.1 Å². The lowest BCUT2D eigenvalue weighted by atomic mass is 10.1. The van der Waals surface area contributed by atoms with E-state index in [4.69, 9.17) is 9.47 Å². The minimum Gasteiger partial charge on any atom is -0.432 e. The minimum atomic E-state index is -1.08. The van der Waals surface area contributed by atoms with Crippen LogP contribution >= 0.6 is 0 Å². The van der Waals surface area contributed by atoms with Gasteiger partial charge in [-0.15, -0.1) is 0 Å². The van der Waals surface area contributed by atoms with Crippen molar-refractivity contribution in [2.24, 2.45) is 0 Å². The molecule has 12 heteroatoms. The van der Waals surface area contributed by atoms with Crippen LogP contribution in [-0.4, -0.2) is 37.5 Å². The molecule has 2 rings (SSSR count). The average Bonchev–Trinajstić information content (AvgIpc) is 2.99. The molecule has 0 amide bonds. The fourth-order valence-electron chi connectivity index (χ4n) is 4.13. The first-order valence-electron chi connectivity index (χ1n) is 14.8. The van der Waals surface area contributed by atoms with Crippen LogP contribution in [0.2, 0.25) is 0 Å². The monoisotopic (exact) mass is 618 g/mol. The maximum absolute atomic E-state index is 12.0. The van der Waals surface area contributed by atoms with Gasteiger partial charge in [-0.25, -0.2) is 29.0 Å². The van der Waals surface area contributed by atoms with Crippen LogP contribution in [0.25, 0.3) is 0 Å². The molecule has 0 aromatic heterocycles. The lowest BCUT2D eigenvalue weighted by Gasteiger charge is -2.06. The second kappa shape index (κ2) is 20.7. The van der Waals surface area contributed by atoms with Crippen molar-refractivity contribution in [2.45, 2.75) is 91.9 Å². The van der Waals surface area contributed by atoms with Gasteiger partial charge < -0.3 is 9.47 Å². The smallest absolute Gasteiger partial charge is 0.432 e. The molecule has 0 aliphatic rings. The molecule has 0 unspecified atom stereocenters. The second-order valence-electron chi connectivity index (χ2n) is 10.4. The van der Waals surface area contributed by atoms with Crippen molar-refractivity contribution in [1.82, 2.24) is 0 Å². The van der Waals surface area contributed by atoms with Crippen molar-refractivity contribution in [3.05, 3.63) is 69.8 Å². The number of benzene rings is 2. The minimum absolute atomic E-state index is 0.174. The Bertz CT molecular complexity index is 1120. The first-order chi connectivity index (χ1) is 21.2. The first-order valence-corrected chi connectivity index (χ1v) is 14.8. The highest BCUT2D eigenvalue weighted by Gasteiger charge is 2.16. The van der Waals surface area contributed by atoms with Crippen molar-refractivity contribution in [2.75, 3.05) is 13.2 Å². The molecule has 0 saturated carbocycles. The normalized spacial score (nSPS) is 10.5. The maximum atomic E-state index is 12.0. The van der Waals surface area contributed by atoms with Gasteiger partial charge in [-0.2, -0.15) is 0 Å². The molecule has 0 N–H and O–H groups in total. The number of hydrogen-bond acceptors (Lipinski definition) is 12. The third kappa shape index (κ3) is 14.8. The Morgan fingerprint density at radius 3 is 1.18 bits per heavy atom. The highest BCUT2D eigenvalue weighted by Crippen LogP contribution is 2.14. The van der Waals surface area contributed by atoms with Gasteiger partial charge in [0.2, 0.25) is 0 Å². The van der Waals surface area contributed by atoms with Gasteiger partial charge in [0.25, 0.3) is 0 Å². The van der Waals surface area contributed by atoms with Crippen LogP contribution in [0.15, 0.2) is 36.4 Å². The third-order valence-electron chi connectivity index (χ3n) is 6.63. The Morgan fingerprint density at radius 2 is 0.818 bits per heavy atom. The van der Waals surface area contributed by atoms with Crippen molar-refractivity contribution in [1.29, 1.82) is 0 Å². The van der Waals surface area contributed by atoms with Crippen LogP contribution < -0.4 is 0 Å². The molecule has 0 saturated heterocycles. The quantitative estimate of drug-likeness (QED) is 0.0655. The Hall–Kier alpha value is -4.16. The Balaban J connectivity index is 1.34. The SMILES string of the molecule is Cc1ccc(C)c(C(=O)OOOC(=O)OCCCCCCCCCCCCOC(=O)OOOC(=O)c2cc(C)ccc2C)c1. The summed E-state index contributed by atoms with van der Waals surface area (Å²) >= 11 is 0. The zero-order valence-electron chi connectivity index (χ0n) is 25.8. The van der Waals surface area contributed by atoms with Crippen molar-refractivity contribution < 1.29 is 58.3 Å². The molecule has 2 aromatic rings. The summed E-state index contributed by atoms with van der Waals surface area (Å²) in [5.74, 6) is -1.54. The van der Waals surface area contributed by atoms with Crippen LogP contribution in [0, 0.1) is 27.7 Å². The molecular formula is C32H42O12. The lowest BCUT2D eigenvalue weighted by molar-refractivity contribution is -0.452. The molecule has 0 heterocycles. The number of unbranched alkanes of at least 4 members (excludes halogenated alkanes) is 9. The fourth-order valence-corrected chi connectivity index (χ4v) is 4.13. The fraction of sp³-hybridized carbons (Fsp3) is 0.500. The number of hydrogen-bond donors (Lipinski definition) is 0. The highest BCUT2D eigenvalue weighted by molar-refractivity contribution is 5.91. The van der Waals surface area contributed by atoms with E-state index in [1.54, 1.807) is 38.1 Å². The molecule has 0 atom stereocenters. The van der Waals surface area contributed by atoms with Crippen molar-refractivity contribution in [3.63, 3.8) is 0 Å². The van der Waals surface area contributed by atoms with E-state index in [-0.39, 0.29) is 13.2 Å². The lowest BCUT2D eigenvalue weighted by Crippen LogP contribution is -2.13. The topological polar surface area (TPSA) is 142 Å². The molecule has 242 valence electrons. The van der Waals surface area contributed by atoms with E-state index in [9.17, 15) is 19.2 Å². The zero-order chi connectivity index (χ0) is 32.2. The van der Waals surface area contributed by atoms with Crippen LogP contribution in [0.3, 0.4) is 0 Å². The maximum Gasteiger partial charge on any atom is 0.543 e. The van der Waals surface area contributed by atoms with E-state index in [1.807, 2.05) is 26.0 Å². The number of ether oxygens (including phenoxy) is 2. The molecule has 0 radical (unpaired) electrons. The van der Waals surface area contributed by atoms with Gasteiger partial charge in [-0.1, -0.05) is 86.8 Å². The van der Waals surface area contributed by atoms with Crippen LogP contribution in [0.5, 0.6) is 0 Å². The number of carbonyl (C=O) groups is 4. The summed E-state index contributed by atoms with van der Waals surface area (Å²) in [5, 5.41) is 8.50. The van der Waals surface area contributed by atoms with Crippen molar-refractivity contribution in [3.8, 4) is 0 Å². The first kappa shape index (κ1) is 36.0. The van der Waals surface area contributed by atoms with Crippen molar-refractivity contribution >= 4 is 24.2 Å². The van der Waals surface area contributed by atoms with E-state index in [0.717, 1.165) is 62.5 Å². The molecule has 0 fully saturated rings. The van der Waals surface area contributed by atoms with Gasteiger partial charge >= 0.3 is 24.2 Å². The van der Waals surface area contributed by atoms with Gasteiger partial charge in [0, 0.05) is 0 Å². The molecule has 0 bridgehead atoms. The second-order valence-corrected chi connectivity index (χ2v) is 10.4. The average molecular weight is 619 g/mol. The highest BCUT2D eigenvalue weighted by atomic mass is 17.5. The number of aryl methyl sites for hydroxylation is 4. The van der Waals surface area contributed by atoms with E-state index < -0.39 is 24.2 Å². The predicted octanol–water partition coefficient (Wildman–Crippen LogP) is 7.83. The summed E-state index contributed by atoms with van der Waals surface area (Å²) in [6, 6.07) is 10.6. The molecule has 12 nitrogen and oxygen atoms in total. The molecule has 44 heavy (non-hydrogen) atoms. The third-order valence-corrected chi connectivity index (χ3v) is 6.63. The van der Waals surface area contributed by atoms with Crippen LogP contribution in [0.4, 0.5) is 9.59 Å². The van der Waals surface area contributed by atoms with Gasteiger partial charge in [0.15, 0.2) is 0 Å². The Labute approximate surface area is 257 Å². The molecular weight excluding hydrogens is 576 g/mol. The zero-order valence-corrected chi connectivity index (χ0v) is 25.8. The summed E-state index contributed by atoms with van der Waals surface area (Å²) < 4.78 is 9.78. The number of carbonyl (C=O) groups excluding carboxylic acids is 4. The molecule has 0 aliphatic carbocycles. The molecule has 0 spiro atoms. The summed E-state index contributed by atoms with van der Waals surface area (Å²) in [5.41, 5.74) is 3.81. The van der Waals surface area contributed by atoms with Gasteiger partial charge in [-0.05, 0) is 63.8 Å². The summed E-state index contributed by atoms with van der Waals surface area (Å²) in [6.45, 7) is 7.53. The summed E-state index contributed by atoms with van der Waals surface area (Å²) in [6.07, 6.45) is 7.38. The van der Waals surface area contributed by atoms with Gasteiger partial charge in [-0.3, -0.25) is 9.78 Å². The number of rotatable bonds is 19. The van der Waals surface area contributed by atoms with E-state index >= 15 is 0 Å². The largest absolute Gasteiger partial charge is 0.543 e. The van der Waals surface area contributed by atoms with Crippen LogP contribution in [0.1, 0.15) is 107 Å². The summed E-state index contributed by atoms with van der Waals surface area (Å²) in [7, 11) is 0. The van der Waals surface area contributed by atoms with E-state index in [0.29, 0.717) is 35.1 Å². The Morgan fingerprint density at radius 1 is 0.477 bits per heavy atom. The standard InChI is InChI=1S/C32H42O12/c1-23-15-17-25(3)27(21-23)29(33)39-43-41-31(35)37-19-13-11-9-7-5-6-8-10-12-14-20-38-32(36)42-44-40-30(34)28-22-24(2)16-18-26(28)4/h15-18,21-22H,5-14,19-20H2,1-4H3. The summed E-state index contributed by atoms with van der Waals surface area (Å²) in [4.78, 5) is 64.6. The molecule has 0 aliphatic heterocycles. The predicted molar refractivity (Wildman–Crippen MR) is 156 cm³/mol. The van der Waals surface area contributed by atoms with Gasteiger partial charge in [0.1, 0.15) is 0 Å².